The fraction of sp³-hybridized carbons (Fsp3) is 0.118. The summed E-state index contributed by atoms with van der Waals surface area (Å²) in [5.41, 5.74) is 1.72. The summed E-state index contributed by atoms with van der Waals surface area (Å²) in [6.07, 6.45) is -0.0775. The number of benzene rings is 2. The zero-order valence-electron chi connectivity index (χ0n) is 12.2. The van der Waals surface area contributed by atoms with Gasteiger partial charge >= 0.3 is 0 Å². The van der Waals surface area contributed by atoms with Crippen molar-refractivity contribution in [3.8, 4) is 6.07 Å². The third-order valence-electron chi connectivity index (χ3n) is 2.97. The van der Waals surface area contributed by atoms with Crippen molar-refractivity contribution in [2.24, 2.45) is 0 Å². The van der Waals surface area contributed by atoms with Gasteiger partial charge in [-0.3, -0.25) is 9.59 Å². The first-order valence-electron chi connectivity index (χ1n) is 6.88. The average molecular weight is 328 g/mol. The topological polar surface area (TPSA) is 82.0 Å². The van der Waals surface area contributed by atoms with Crippen molar-refractivity contribution in [2.75, 3.05) is 10.6 Å². The van der Waals surface area contributed by atoms with Gasteiger partial charge in [0.1, 0.15) is 6.42 Å². The molecule has 0 unspecified atom stereocenters. The van der Waals surface area contributed by atoms with Crippen LogP contribution in [0, 0.1) is 11.3 Å². The van der Waals surface area contributed by atoms with Gasteiger partial charge in [-0.1, -0.05) is 35.9 Å². The maximum atomic E-state index is 12.1. The lowest BCUT2D eigenvalue weighted by atomic mass is 10.1. The maximum absolute atomic E-state index is 12.1. The molecule has 23 heavy (non-hydrogen) atoms. The first-order chi connectivity index (χ1) is 11.1. The van der Waals surface area contributed by atoms with Gasteiger partial charge < -0.3 is 10.6 Å². The number of anilines is 2. The number of rotatable bonds is 5. The number of amides is 2. The zero-order valence-corrected chi connectivity index (χ0v) is 12.9. The second-order valence-electron chi connectivity index (χ2n) is 4.78. The Morgan fingerprint density at radius 2 is 1.65 bits per heavy atom. The lowest BCUT2D eigenvalue weighted by Gasteiger charge is -2.11. The summed E-state index contributed by atoms with van der Waals surface area (Å²) in [6, 6.07) is 15.6. The monoisotopic (exact) mass is 327 g/mol. The molecule has 5 nitrogen and oxygen atoms in total. The highest BCUT2D eigenvalue weighted by atomic mass is 35.5. The first kappa shape index (κ1) is 16.5. The van der Waals surface area contributed by atoms with E-state index in [2.05, 4.69) is 10.6 Å². The molecule has 0 aliphatic rings. The van der Waals surface area contributed by atoms with E-state index in [0.29, 0.717) is 16.4 Å². The standard InChI is InChI=1S/C17H14ClN3O2/c18-13-5-3-4-12(10-13)11-17(23)21-15-7-2-1-6-14(15)20-16(22)8-9-19/h1-7,10H,8,11H2,(H,20,22)(H,21,23). The number of nitriles is 1. The number of hydrogen-bond acceptors (Lipinski definition) is 3. The van der Waals surface area contributed by atoms with Gasteiger partial charge in [0.2, 0.25) is 11.8 Å². The first-order valence-corrected chi connectivity index (χ1v) is 7.26. The molecular weight excluding hydrogens is 314 g/mol. The van der Waals surface area contributed by atoms with Gasteiger partial charge in [0.05, 0.1) is 23.9 Å². The van der Waals surface area contributed by atoms with Gasteiger partial charge in [-0.2, -0.15) is 5.26 Å². The van der Waals surface area contributed by atoms with E-state index in [1.165, 1.54) is 0 Å². The maximum Gasteiger partial charge on any atom is 0.238 e. The molecule has 0 fully saturated rings. The van der Waals surface area contributed by atoms with Crippen LogP contribution in [0.25, 0.3) is 0 Å². The van der Waals surface area contributed by atoms with Gasteiger partial charge in [0.25, 0.3) is 0 Å². The van der Waals surface area contributed by atoms with Crippen LogP contribution in [0.3, 0.4) is 0 Å². The van der Waals surface area contributed by atoms with Gasteiger partial charge in [0, 0.05) is 5.02 Å². The van der Waals surface area contributed by atoms with Crippen molar-refractivity contribution in [1.82, 2.24) is 0 Å². The van der Waals surface area contributed by atoms with Crippen LogP contribution in [0.15, 0.2) is 48.5 Å². The minimum Gasteiger partial charge on any atom is -0.324 e. The summed E-state index contributed by atoms with van der Waals surface area (Å²) in [4.78, 5) is 23.7. The molecule has 116 valence electrons. The van der Waals surface area contributed by atoms with Gasteiger partial charge in [0.15, 0.2) is 0 Å². The van der Waals surface area contributed by atoms with E-state index in [1.54, 1.807) is 48.5 Å². The summed E-state index contributed by atoms with van der Waals surface area (Å²) in [5.74, 6) is -0.654. The van der Waals surface area contributed by atoms with E-state index in [9.17, 15) is 9.59 Å². The number of nitrogens with one attached hydrogen (secondary N) is 2. The van der Waals surface area contributed by atoms with Gasteiger partial charge in [-0.05, 0) is 29.8 Å². The van der Waals surface area contributed by atoms with Crippen LogP contribution in [0.2, 0.25) is 5.02 Å². The van der Waals surface area contributed by atoms with Crippen LogP contribution in [0.1, 0.15) is 12.0 Å². The van der Waals surface area contributed by atoms with E-state index < -0.39 is 5.91 Å². The molecule has 2 rings (SSSR count). The number of para-hydroxylation sites is 2. The van der Waals surface area contributed by atoms with E-state index >= 15 is 0 Å². The van der Waals surface area contributed by atoms with E-state index in [1.807, 2.05) is 6.07 Å². The van der Waals surface area contributed by atoms with Crippen LogP contribution < -0.4 is 10.6 Å². The fourth-order valence-electron chi connectivity index (χ4n) is 1.99. The number of halogens is 1. The SMILES string of the molecule is N#CCC(=O)Nc1ccccc1NC(=O)Cc1cccc(Cl)c1. The van der Waals surface area contributed by atoms with E-state index in [0.717, 1.165) is 5.56 Å². The van der Waals surface area contributed by atoms with Crippen molar-refractivity contribution in [1.29, 1.82) is 5.26 Å². The smallest absolute Gasteiger partial charge is 0.238 e. The highest BCUT2D eigenvalue weighted by Gasteiger charge is 2.10. The minimum absolute atomic E-state index is 0.168. The normalized spacial score (nSPS) is 9.74. The summed E-state index contributed by atoms with van der Waals surface area (Å²) in [6.45, 7) is 0. The molecule has 0 saturated heterocycles. The predicted octanol–water partition coefficient (Wildman–Crippen LogP) is 3.37. The van der Waals surface area contributed by atoms with E-state index in [4.69, 9.17) is 16.9 Å². The van der Waals surface area contributed by atoms with Gasteiger partial charge in [-0.25, -0.2) is 0 Å². The summed E-state index contributed by atoms with van der Waals surface area (Å²) in [7, 11) is 0. The molecule has 0 atom stereocenters. The van der Waals surface area contributed by atoms with Crippen molar-refractivity contribution in [2.45, 2.75) is 12.8 Å². The molecule has 0 heterocycles. The Morgan fingerprint density at radius 3 is 2.26 bits per heavy atom. The molecule has 0 aliphatic heterocycles. The van der Waals surface area contributed by atoms with Crippen molar-refractivity contribution < 1.29 is 9.59 Å². The van der Waals surface area contributed by atoms with Gasteiger partial charge in [-0.15, -0.1) is 0 Å². The lowest BCUT2D eigenvalue weighted by molar-refractivity contribution is -0.116. The molecule has 0 radical (unpaired) electrons. The van der Waals surface area contributed by atoms with Crippen LogP contribution in [-0.2, 0) is 16.0 Å². The molecule has 0 aliphatic carbocycles. The van der Waals surface area contributed by atoms with Crippen LogP contribution in [-0.4, -0.2) is 11.8 Å². The minimum atomic E-state index is -0.427. The van der Waals surface area contributed by atoms with Crippen molar-refractivity contribution in [3.05, 3.63) is 59.1 Å². The molecule has 2 aromatic carbocycles. The second kappa shape index (κ2) is 7.97. The molecule has 2 N–H and O–H groups in total. The molecular formula is C17H14ClN3O2. The Balaban J connectivity index is 2.06. The third kappa shape index (κ3) is 5.13. The largest absolute Gasteiger partial charge is 0.324 e. The van der Waals surface area contributed by atoms with Crippen LogP contribution in [0.4, 0.5) is 11.4 Å². The molecule has 0 bridgehead atoms. The lowest BCUT2D eigenvalue weighted by Crippen LogP contribution is -2.17. The number of carbonyl (C=O) groups excluding carboxylic acids is 2. The number of hydrogen-bond donors (Lipinski definition) is 2. The third-order valence-corrected chi connectivity index (χ3v) is 3.20. The molecule has 0 spiro atoms. The van der Waals surface area contributed by atoms with Crippen molar-refractivity contribution in [3.63, 3.8) is 0 Å². The summed E-state index contributed by atoms with van der Waals surface area (Å²) in [5, 5.41) is 14.4. The fourth-order valence-corrected chi connectivity index (χ4v) is 2.21. The summed E-state index contributed by atoms with van der Waals surface area (Å²) < 4.78 is 0. The Hall–Kier alpha value is -2.84. The molecule has 0 aromatic heterocycles. The van der Waals surface area contributed by atoms with E-state index in [-0.39, 0.29) is 18.7 Å². The Morgan fingerprint density at radius 1 is 1.00 bits per heavy atom. The zero-order chi connectivity index (χ0) is 16.7. The molecule has 2 amide bonds. The molecule has 2 aromatic rings. The Bertz CT molecular complexity index is 768. The predicted molar refractivity (Wildman–Crippen MR) is 89.1 cm³/mol. The average Bonchev–Trinajstić information content (AvgIpc) is 2.49. The summed E-state index contributed by atoms with van der Waals surface area (Å²) >= 11 is 5.90. The van der Waals surface area contributed by atoms with Crippen LogP contribution >= 0.6 is 11.6 Å². The highest BCUT2D eigenvalue weighted by molar-refractivity contribution is 6.30. The number of carbonyl (C=O) groups is 2. The Labute approximate surface area is 138 Å². The molecule has 6 heteroatoms. The van der Waals surface area contributed by atoms with Crippen LogP contribution in [0.5, 0.6) is 0 Å². The van der Waals surface area contributed by atoms with Crippen molar-refractivity contribution >= 4 is 34.8 Å². The molecule has 0 saturated carbocycles. The quantitative estimate of drug-likeness (QED) is 0.883. The number of nitrogens with zero attached hydrogens (tertiary/aromatic N) is 1. The Kier molecular flexibility index (Phi) is 5.73. The second-order valence-corrected chi connectivity index (χ2v) is 5.22. The highest BCUT2D eigenvalue weighted by Crippen LogP contribution is 2.21.